The molecule has 0 saturated carbocycles. The van der Waals surface area contributed by atoms with E-state index in [0.717, 1.165) is 23.6 Å². The monoisotopic (exact) mass is 351 g/mol. The molecule has 0 aromatic carbocycles. The average Bonchev–Trinajstić information content (AvgIpc) is 2.75. The molecule has 0 radical (unpaired) electrons. The summed E-state index contributed by atoms with van der Waals surface area (Å²) in [7, 11) is 0. The van der Waals surface area contributed by atoms with Gasteiger partial charge in [0.15, 0.2) is 0 Å². The topological polar surface area (TPSA) is 12.0 Å². The molecule has 0 aromatic rings. The summed E-state index contributed by atoms with van der Waals surface area (Å²) in [6.45, 7) is 7.15. The Morgan fingerprint density at radius 2 is 2.12 bits per heavy atom. The zero-order valence-corrected chi connectivity index (χ0v) is 15.1. The van der Waals surface area contributed by atoms with Crippen LogP contribution in [0.2, 0.25) is 0 Å². The predicted octanol–water partition coefficient (Wildman–Crippen LogP) is 6.20. The lowest BCUT2D eigenvalue weighted by atomic mass is 10.0. The summed E-state index contributed by atoms with van der Waals surface area (Å²) >= 11 is 0. The standard InChI is InChI=1S/C21H28F3N/c1-17(7-6-15-25-16-13-18(2)22)20-10-4-8-19(11-12-20)9-5-14-21(3,23)24/h4-6,9-12,15,18,25H,1,7-8,13-14,16H2,2-3H3/b9-5+,15-6+/t18-/m0/s1. The smallest absolute Gasteiger partial charge is 0.248 e. The van der Waals surface area contributed by atoms with E-state index in [-0.39, 0.29) is 6.42 Å². The van der Waals surface area contributed by atoms with Gasteiger partial charge in [0.25, 0.3) is 0 Å². The fourth-order valence-electron chi connectivity index (χ4n) is 2.19. The Hall–Kier alpha value is -1.97. The molecule has 0 fully saturated rings. The average molecular weight is 351 g/mol. The van der Waals surface area contributed by atoms with Crippen molar-refractivity contribution < 1.29 is 13.2 Å². The number of hydrogen-bond donors (Lipinski definition) is 1. The normalized spacial score (nSPS) is 16.7. The molecule has 1 nitrogen and oxygen atoms in total. The second-order valence-electron chi connectivity index (χ2n) is 6.38. The third kappa shape index (κ3) is 10.5. The van der Waals surface area contributed by atoms with Gasteiger partial charge in [0.05, 0.1) is 6.17 Å². The predicted molar refractivity (Wildman–Crippen MR) is 100 cm³/mol. The Morgan fingerprint density at radius 1 is 1.36 bits per heavy atom. The fourth-order valence-corrected chi connectivity index (χ4v) is 2.19. The van der Waals surface area contributed by atoms with E-state index in [2.05, 4.69) is 11.9 Å². The van der Waals surface area contributed by atoms with Crippen molar-refractivity contribution in [2.24, 2.45) is 0 Å². The first kappa shape index (κ1) is 21.1. The molecule has 4 heteroatoms. The van der Waals surface area contributed by atoms with E-state index in [9.17, 15) is 13.2 Å². The van der Waals surface area contributed by atoms with Crippen LogP contribution in [-0.2, 0) is 0 Å². The number of allylic oxidation sites excluding steroid dienone is 10. The summed E-state index contributed by atoms with van der Waals surface area (Å²) in [6, 6.07) is 0. The van der Waals surface area contributed by atoms with Gasteiger partial charge in [-0.05, 0) is 56.0 Å². The van der Waals surface area contributed by atoms with Crippen LogP contribution < -0.4 is 5.32 Å². The van der Waals surface area contributed by atoms with Gasteiger partial charge in [0.1, 0.15) is 0 Å². The Balaban J connectivity index is 2.49. The molecule has 0 heterocycles. The summed E-state index contributed by atoms with van der Waals surface area (Å²) in [4.78, 5) is 0. The highest BCUT2D eigenvalue weighted by molar-refractivity contribution is 5.45. The van der Waals surface area contributed by atoms with Crippen LogP contribution in [0.15, 0.2) is 72.0 Å². The Bertz CT molecular complexity index is 572. The summed E-state index contributed by atoms with van der Waals surface area (Å²) in [6.07, 6.45) is 15.8. The first-order valence-electron chi connectivity index (χ1n) is 8.60. The third-order valence-electron chi connectivity index (χ3n) is 3.63. The molecular formula is C21H28F3N. The molecule has 0 saturated heterocycles. The van der Waals surface area contributed by atoms with Crippen LogP contribution in [0.25, 0.3) is 0 Å². The molecule has 1 rings (SSSR count). The van der Waals surface area contributed by atoms with Gasteiger partial charge in [-0.3, -0.25) is 0 Å². The van der Waals surface area contributed by atoms with E-state index < -0.39 is 12.1 Å². The summed E-state index contributed by atoms with van der Waals surface area (Å²) < 4.78 is 38.3. The summed E-state index contributed by atoms with van der Waals surface area (Å²) in [5.41, 5.74) is 2.97. The van der Waals surface area contributed by atoms with Crippen LogP contribution in [0.3, 0.4) is 0 Å². The number of nitrogens with one attached hydrogen (secondary N) is 1. The molecule has 1 atom stereocenters. The second kappa shape index (κ2) is 10.8. The van der Waals surface area contributed by atoms with E-state index in [0.29, 0.717) is 25.8 Å². The lowest BCUT2D eigenvalue weighted by molar-refractivity contribution is 0.0255. The van der Waals surface area contributed by atoms with Gasteiger partial charge in [0, 0.05) is 13.0 Å². The molecule has 138 valence electrons. The van der Waals surface area contributed by atoms with Crippen molar-refractivity contribution in [3.8, 4) is 0 Å². The van der Waals surface area contributed by atoms with Crippen LogP contribution in [0.5, 0.6) is 0 Å². The first-order chi connectivity index (χ1) is 11.8. The van der Waals surface area contributed by atoms with Gasteiger partial charge < -0.3 is 5.32 Å². The maximum Gasteiger partial charge on any atom is 0.248 e. The molecule has 0 spiro atoms. The highest BCUT2D eigenvalue weighted by Crippen LogP contribution is 2.21. The van der Waals surface area contributed by atoms with Gasteiger partial charge in [-0.15, -0.1) is 0 Å². The quantitative estimate of drug-likeness (QED) is 0.462. The van der Waals surface area contributed by atoms with Crippen molar-refractivity contribution in [1.82, 2.24) is 5.32 Å². The summed E-state index contributed by atoms with van der Waals surface area (Å²) in [5, 5.41) is 3.05. The van der Waals surface area contributed by atoms with Crippen LogP contribution in [0.1, 0.15) is 39.5 Å². The third-order valence-corrected chi connectivity index (χ3v) is 3.63. The summed E-state index contributed by atoms with van der Waals surface area (Å²) in [5.74, 6) is -2.67. The Kier molecular flexibility index (Phi) is 9.11. The molecule has 0 bridgehead atoms. The fraction of sp³-hybridized carbons (Fsp3) is 0.429. The van der Waals surface area contributed by atoms with Gasteiger partial charge >= 0.3 is 0 Å². The van der Waals surface area contributed by atoms with Crippen molar-refractivity contribution in [1.29, 1.82) is 0 Å². The molecule has 1 N–H and O–H groups in total. The van der Waals surface area contributed by atoms with E-state index in [1.165, 1.54) is 6.08 Å². The zero-order valence-electron chi connectivity index (χ0n) is 15.1. The van der Waals surface area contributed by atoms with Crippen molar-refractivity contribution in [3.63, 3.8) is 0 Å². The van der Waals surface area contributed by atoms with E-state index in [1.807, 2.05) is 36.6 Å². The lowest BCUT2D eigenvalue weighted by Gasteiger charge is -2.05. The first-order valence-corrected chi connectivity index (χ1v) is 8.60. The van der Waals surface area contributed by atoms with Crippen molar-refractivity contribution in [2.45, 2.75) is 51.6 Å². The molecule has 0 aliphatic heterocycles. The Morgan fingerprint density at radius 3 is 2.80 bits per heavy atom. The molecule has 25 heavy (non-hydrogen) atoms. The van der Waals surface area contributed by atoms with Gasteiger partial charge in [0.2, 0.25) is 5.92 Å². The van der Waals surface area contributed by atoms with Crippen LogP contribution in [0, 0.1) is 0 Å². The molecule has 0 amide bonds. The van der Waals surface area contributed by atoms with Crippen LogP contribution >= 0.6 is 0 Å². The number of alkyl halides is 3. The molecule has 1 aliphatic rings. The zero-order chi connectivity index (χ0) is 18.7. The molecule has 0 unspecified atom stereocenters. The Labute approximate surface area is 149 Å². The maximum atomic E-state index is 12.8. The second-order valence-corrected chi connectivity index (χ2v) is 6.38. The molecule has 0 aromatic heterocycles. The van der Waals surface area contributed by atoms with Gasteiger partial charge in [-0.1, -0.05) is 49.1 Å². The lowest BCUT2D eigenvalue weighted by Crippen LogP contribution is -2.10. The van der Waals surface area contributed by atoms with Crippen LogP contribution in [0.4, 0.5) is 13.2 Å². The van der Waals surface area contributed by atoms with E-state index >= 15 is 0 Å². The highest BCUT2D eigenvalue weighted by atomic mass is 19.3. The number of halogens is 3. The van der Waals surface area contributed by atoms with E-state index in [1.54, 1.807) is 13.0 Å². The number of rotatable bonds is 10. The van der Waals surface area contributed by atoms with Crippen molar-refractivity contribution in [3.05, 3.63) is 72.0 Å². The van der Waals surface area contributed by atoms with Crippen molar-refractivity contribution >= 4 is 0 Å². The van der Waals surface area contributed by atoms with Gasteiger partial charge in [-0.2, -0.15) is 0 Å². The minimum atomic E-state index is -2.67. The van der Waals surface area contributed by atoms with Crippen molar-refractivity contribution in [2.75, 3.05) is 6.54 Å². The SMILES string of the molecule is C=C(C/C=C/NCC[C@H](C)F)C1=CC=C(/C=C/CC(C)(F)F)CC=C1. The largest absolute Gasteiger partial charge is 0.391 e. The van der Waals surface area contributed by atoms with Crippen LogP contribution in [-0.4, -0.2) is 18.6 Å². The molecule has 1 aliphatic carbocycles. The minimum Gasteiger partial charge on any atom is -0.391 e. The molecular weight excluding hydrogens is 323 g/mol. The van der Waals surface area contributed by atoms with Gasteiger partial charge in [-0.25, -0.2) is 13.2 Å². The van der Waals surface area contributed by atoms with E-state index in [4.69, 9.17) is 0 Å². The highest BCUT2D eigenvalue weighted by Gasteiger charge is 2.17. The maximum absolute atomic E-state index is 12.8. The number of hydrogen-bond acceptors (Lipinski definition) is 1. The minimum absolute atomic E-state index is 0.254.